The molecule has 2 aromatic rings. The summed E-state index contributed by atoms with van der Waals surface area (Å²) in [6.45, 7) is 4.93. The van der Waals surface area contributed by atoms with E-state index in [0.29, 0.717) is 6.54 Å². The first-order valence-corrected chi connectivity index (χ1v) is 8.75. The summed E-state index contributed by atoms with van der Waals surface area (Å²) in [4.78, 5) is 21.4. The number of hydrogen-bond acceptors (Lipinski definition) is 5. The third kappa shape index (κ3) is 4.85. The number of nitrogens with zero attached hydrogens (tertiary/aromatic N) is 3. The summed E-state index contributed by atoms with van der Waals surface area (Å²) in [6, 6.07) is 9.60. The molecule has 0 aliphatic carbocycles. The van der Waals surface area contributed by atoms with Gasteiger partial charge in [0, 0.05) is 37.8 Å². The highest BCUT2D eigenvalue weighted by atomic mass is 35.5. The molecule has 1 amide bonds. The van der Waals surface area contributed by atoms with Gasteiger partial charge in [-0.15, -0.1) is 36.2 Å². The molecule has 0 bridgehead atoms. The van der Waals surface area contributed by atoms with Crippen molar-refractivity contribution in [2.24, 2.45) is 5.73 Å². The summed E-state index contributed by atoms with van der Waals surface area (Å²) in [7, 11) is 0. The molecule has 1 aliphatic heterocycles. The van der Waals surface area contributed by atoms with Gasteiger partial charge in [0.05, 0.1) is 0 Å². The number of aromatic nitrogens is 1. The molecule has 0 radical (unpaired) electrons. The quantitative estimate of drug-likeness (QED) is 0.856. The van der Waals surface area contributed by atoms with Crippen LogP contribution in [0.25, 0.3) is 0 Å². The number of rotatable bonds is 3. The molecule has 1 atom stereocenters. The second-order valence-corrected chi connectivity index (χ2v) is 6.89. The first kappa shape index (κ1) is 21.7. The number of carbonyl (C=O) groups is 1. The SMILES string of the molecule is CC(N)(C(=O)N1CCCN(c2nccs2)CC1)c1ccccc1.Cl.Cl. The van der Waals surface area contributed by atoms with Gasteiger partial charge in [0.2, 0.25) is 5.91 Å². The highest BCUT2D eigenvalue weighted by Gasteiger charge is 2.35. The van der Waals surface area contributed by atoms with Crippen LogP contribution >= 0.6 is 36.2 Å². The van der Waals surface area contributed by atoms with E-state index in [-0.39, 0.29) is 30.7 Å². The van der Waals surface area contributed by atoms with Gasteiger partial charge in [-0.3, -0.25) is 4.79 Å². The van der Waals surface area contributed by atoms with Gasteiger partial charge in [0.25, 0.3) is 0 Å². The van der Waals surface area contributed by atoms with Crippen LogP contribution in [-0.4, -0.2) is 42.0 Å². The smallest absolute Gasteiger partial charge is 0.247 e. The molecular formula is C17H24Cl2N4OS. The van der Waals surface area contributed by atoms with Crippen molar-refractivity contribution < 1.29 is 4.79 Å². The molecule has 1 aliphatic rings. The van der Waals surface area contributed by atoms with E-state index in [0.717, 1.165) is 36.8 Å². The fourth-order valence-corrected chi connectivity index (χ4v) is 3.62. The summed E-state index contributed by atoms with van der Waals surface area (Å²) in [6.07, 6.45) is 2.75. The van der Waals surface area contributed by atoms with E-state index in [9.17, 15) is 4.79 Å². The van der Waals surface area contributed by atoms with Gasteiger partial charge in [0.1, 0.15) is 5.54 Å². The molecule has 1 unspecified atom stereocenters. The maximum absolute atomic E-state index is 12.9. The van der Waals surface area contributed by atoms with Gasteiger partial charge in [-0.05, 0) is 18.9 Å². The number of thiazole rings is 1. The lowest BCUT2D eigenvalue weighted by atomic mass is 9.91. The molecule has 1 fully saturated rings. The highest BCUT2D eigenvalue weighted by Crippen LogP contribution is 2.23. The molecule has 5 nitrogen and oxygen atoms in total. The normalized spacial score (nSPS) is 16.9. The summed E-state index contributed by atoms with van der Waals surface area (Å²) < 4.78 is 0. The number of amides is 1. The van der Waals surface area contributed by atoms with Crippen molar-refractivity contribution in [3.63, 3.8) is 0 Å². The fourth-order valence-electron chi connectivity index (χ4n) is 2.92. The molecule has 1 aromatic heterocycles. The van der Waals surface area contributed by atoms with Gasteiger partial charge in [-0.2, -0.15) is 0 Å². The van der Waals surface area contributed by atoms with Gasteiger partial charge in [0.15, 0.2) is 5.13 Å². The number of hydrogen-bond donors (Lipinski definition) is 1. The van der Waals surface area contributed by atoms with Crippen molar-refractivity contribution in [3.8, 4) is 0 Å². The van der Waals surface area contributed by atoms with Crippen LogP contribution in [0.15, 0.2) is 41.9 Å². The second-order valence-electron chi connectivity index (χ2n) is 6.02. The van der Waals surface area contributed by atoms with Crippen LogP contribution in [0.4, 0.5) is 5.13 Å². The average molecular weight is 403 g/mol. The third-order valence-electron chi connectivity index (χ3n) is 4.29. The van der Waals surface area contributed by atoms with Crippen molar-refractivity contribution in [1.29, 1.82) is 0 Å². The Labute approximate surface area is 165 Å². The Morgan fingerprint density at radius 2 is 1.88 bits per heavy atom. The number of halogens is 2. The van der Waals surface area contributed by atoms with Gasteiger partial charge in [-0.25, -0.2) is 4.98 Å². The molecule has 8 heteroatoms. The topological polar surface area (TPSA) is 62.5 Å². The Balaban J connectivity index is 0.00000156. The number of nitrogens with two attached hydrogens (primary N) is 1. The number of benzene rings is 1. The van der Waals surface area contributed by atoms with Gasteiger partial charge >= 0.3 is 0 Å². The maximum Gasteiger partial charge on any atom is 0.247 e. The molecule has 25 heavy (non-hydrogen) atoms. The first-order valence-electron chi connectivity index (χ1n) is 7.87. The molecule has 138 valence electrons. The first-order chi connectivity index (χ1) is 11.1. The zero-order valence-electron chi connectivity index (χ0n) is 14.1. The Hall–Kier alpha value is -1.34. The van der Waals surface area contributed by atoms with Crippen LogP contribution in [0.5, 0.6) is 0 Å². The fraction of sp³-hybridized carbons (Fsp3) is 0.412. The zero-order valence-corrected chi connectivity index (χ0v) is 16.6. The second kappa shape index (κ2) is 9.38. The molecule has 0 spiro atoms. The molecule has 2 heterocycles. The molecular weight excluding hydrogens is 379 g/mol. The lowest BCUT2D eigenvalue weighted by Gasteiger charge is -2.31. The van der Waals surface area contributed by atoms with E-state index in [1.54, 1.807) is 18.3 Å². The maximum atomic E-state index is 12.9. The van der Waals surface area contributed by atoms with Crippen molar-refractivity contribution in [2.45, 2.75) is 18.9 Å². The zero-order chi connectivity index (χ0) is 16.3. The van der Waals surface area contributed by atoms with Crippen LogP contribution in [0.2, 0.25) is 0 Å². The minimum absolute atomic E-state index is 0. The van der Waals surface area contributed by atoms with Crippen LogP contribution < -0.4 is 10.6 Å². The minimum atomic E-state index is -0.988. The Morgan fingerprint density at radius 3 is 2.52 bits per heavy atom. The molecule has 3 rings (SSSR count). The lowest BCUT2D eigenvalue weighted by molar-refractivity contribution is -0.136. The number of carbonyl (C=O) groups excluding carboxylic acids is 1. The summed E-state index contributed by atoms with van der Waals surface area (Å²) >= 11 is 1.64. The van der Waals surface area contributed by atoms with E-state index < -0.39 is 5.54 Å². The largest absolute Gasteiger partial charge is 0.346 e. The molecule has 0 saturated carbocycles. The minimum Gasteiger partial charge on any atom is -0.346 e. The van der Waals surface area contributed by atoms with E-state index in [1.807, 2.05) is 46.8 Å². The van der Waals surface area contributed by atoms with Crippen LogP contribution in [0.3, 0.4) is 0 Å². The average Bonchev–Trinajstić information content (AvgIpc) is 3.00. The van der Waals surface area contributed by atoms with Gasteiger partial charge < -0.3 is 15.5 Å². The molecule has 1 aromatic carbocycles. The Bertz CT molecular complexity index is 652. The van der Waals surface area contributed by atoms with Gasteiger partial charge in [-0.1, -0.05) is 30.3 Å². The predicted octanol–water partition coefficient (Wildman–Crippen LogP) is 2.90. The third-order valence-corrected chi connectivity index (χ3v) is 5.12. The van der Waals surface area contributed by atoms with E-state index in [1.165, 1.54) is 0 Å². The highest BCUT2D eigenvalue weighted by molar-refractivity contribution is 7.13. The summed E-state index contributed by atoms with van der Waals surface area (Å²) in [5.41, 5.74) is 6.24. The lowest BCUT2D eigenvalue weighted by Crippen LogP contribution is -2.51. The van der Waals surface area contributed by atoms with Crippen molar-refractivity contribution >= 4 is 47.2 Å². The van der Waals surface area contributed by atoms with Crippen LogP contribution in [0, 0.1) is 0 Å². The van der Waals surface area contributed by atoms with Crippen molar-refractivity contribution in [2.75, 3.05) is 31.1 Å². The Morgan fingerprint density at radius 1 is 1.16 bits per heavy atom. The van der Waals surface area contributed by atoms with Crippen molar-refractivity contribution in [3.05, 3.63) is 47.5 Å². The Kier molecular flexibility index (Phi) is 8.15. The molecule has 2 N–H and O–H groups in total. The molecule has 1 saturated heterocycles. The standard InChI is InChI=1S/C17H22N4OS.2ClH/c1-17(18,14-6-3-2-4-7-14)15(22)20-9-5-10-21(12-11-20)16-19-8-13-23-16;;/h2-4,6-8,13H,5,9-12,18H2,1H3;2*1H. The number of anilines is 1. The summed E-state index contributed by atoms with van der Waals surface area (Å²) in [5.74, 6) is -0.00955. The van der Waals surface area contributed by atoms with Crippen LogP contribution in [0.1, 0.15) is 18.9 Å². The van der Waals surface area contributed by atoms with E-state index in [4.69, 9.17) is 5.73 Å². The van der Waals surface area contributed by atoms with E-state index in [2.05, 4.69) is 9.88 Å². The predicted molar refractivity (Wildman–Crippen MR) is 108 cm³/mol. The van der Waals surface area contributed by atoms with Crippen molar-refractivity contribution in [1.82, 2.24) is 9.88 Å². The van der Waals surface area contributed by atoms with Crippen LogP contribution in [-0.2, 0) is 10.3 Å². The monoisotopic (exact) mass is 402 g/mol. The summed E-state index contributed by atoms with van der Waals surface area (Å²) in [5, 5.41) is 3.01. The van der Waals surface area contributed by atoms with E-state index >= 15 is 0 Å².